The fourth-order valence-electron chi connectivity index (χ4n) is 1.89. The first-order valence-electron chi connectivity index (χ1n) is 5.67. The minimum absolute atomic E-state index is 0.109. The fraction of sp³-hybridized carbons (Fsp3) is 0.250. The Labute approximate surface area is 116 Å². The van der Waals surface area contributed by atoms with Crippen molar-refractivity contribution in [1.82, 2.24) is 5.16 Å². The predicted octanol–water partition coefficient (Wildman–Crippen LogP) is 2.99. The van der Waals surface area contributed by atoms with E-state index >= 15 is 0 Å². The highest BCUT2D eigenvalue weighted by molar-refractivity contribution is 9.10. The number of hydrogen-bond acceptors (Lipinski definition) is 5. The van der Waals surface area contributed by atoms with Crippen LogP contribution in [-0.4, -0.2) is 18.4 Å². The van der Waals surface area contributed by atoms with Crippen molar-refractivity contribution in [3.63, 3.8) is 0 Å². The lowest BCUT2D eigenvalue weighted by Crippen LogP contribution is -1.99. The van der Waals surface area contributed by atoms with Gasteiger partial charge in [0.1, 0.15) is 5.69 Å². The first-order chi connectivity index (χ1) is 9.16. The molecule has 0 saturated carbocycles. The van der Waals surface area contributed by atoms with E-state index in [0.717, 1.165) is 6.42 Å². The van der Waals surface area contributed by atoms with Gasteiger partial charge in [-0.25, -0.2) is 4.39 Å². The van der Waals surface area contributed by atoms with Crippen molar-refractivity contribution in [2.45, 2.75) is 6.42 Å². The molecule has 0 saturated heterocycles. The second kappa shape index (κ2) is 4.73. The predicted molar refractivity (Wildman–Crippen MR) is 69.6 cm³/mol. The minimum Gasteiger partial charge on any atom is -0.489 e. The third-order valence-corrected chi connectivity index (χ3v) is 3.29. The van der Waals surface area contributed by atoms with Gasteiger partial charge < -0.3 is 19.7 Å². The summed E-state index contributed by atoms with van der Waals surface area (Å²) in [5.74, 6) is 0.420. The van der Waals surface area contributed by atoms with Crippen LogP contribution in [-0.2, 0) is 0 Å². The molecule has 5 nitrogen and oxygen atoms in total. The Bertz CT molecular complexity index is 630. The van der Waals surface area contributed by atoms with Gasteiger partial charge in [-0.1, -0.05) is 5.16 Å². The molecule has 0 fully saturated rings. The zero-order valence-electron chi connectivity index (χ0n) is 9.78. The van der Waals surface area contributed by atoms with Gasteiger partial charge >= 0.3 is 0 Å². The molecule has 2 heterocycles. The van der Waals surface area contributed by atoms with Crippen LogP contribution in [0.1, 0.15) is 6.42 Å². The highest BCUT2D eigenvalue weighted by atomic mass is 79.9. The molecule has 0 unspecified atom stereocenters. The third kappa shape index (κ3) is 2.14. The van der Waals surface area contributed by atoms with Crippen molar-refractivity contribution >= 4 is 21.8 Å². The second-order valence-electron chi connectivity index (χ2n) is 4.04. The SMILES string of the molecule is Nc1cc(-c2c(F)c(Br)cc3c2OCCCO3)no1. The normalized spacial score (nSPS) is 14.2. The number of ether oxygens (including phenoxy) is 2. The van der Waals surface area contributed by atoms with Crippen LogP contribution in [0.25, 0.3) is 11.3 Å². The summed E-state index contributed by atoms with van der Waals surface area (Å²) in [7, 11) is 0. The van der Waals surface area contributed by atoms with Crippen LogP contribution >= 0.6 is 15.9 Å². The molecule has 1 aromatic heterocycles. The molecular formula is C12H10BrFN2O3. The van der Waals surface area contributed by atoms with E-state index in [-0.39, 0.29) is 21.6 Å². The van der Waals surface area contributed by atoms with E-state index in [0.29, 0.717) is 24.7 Å². The molecule has 100 valence electrons. The Morgan fingerprint density at radius 2 is 2.05 bits per heavy atom. The summed E-state index contributed by atoms with van der Waals surface area (Å²) in [6.45, 7) is 0.972. The summed E-state index contributed by atoms with van der Waals surface area (Å²) in [4.78, 5) is 0. The van der Waals surface area contributed by atoms with Gasteiger partial charge in [0.2, 0.25) is 5.88 Å². The molecule has 1 aromatic carbocycles. The van der Waals surface area contributed by atoms with E-state index < -0.39 is 5.82 Å². The Hall–Kier alpha value is -1.76. The zero-order chi connectivity index (χ0) is 13.4. The molecule has 0 radical (unpaired) electrons. The van der Waals surface area contributed by atoms with Gasteiger partial charge in [0.15, 0.2) is 17.3 Å². The topological polar surface area (TPSA) is 70.5 Å². The largest absolute Gasteiger partial charge is 0.489 e. The van der Waals surface area contributed by atoms with E-state index in [1.807, 2.05) is 0 Å². The number of anilines is 1. The Kier molecular flexibility index (Phi) is 3.06. The van der Waals surface area contributed by atoms with Crippen LogP contribution in [0.3, 0.4) is 0 Å². The molecule has 3 rings (SSSR count). The molecule has 0 bridgehead atoms. The Balaban J connectivity index is 2.24. The number of benzene rings is 1. The molecule has 1 aliphatic rings. The summed E-state index contributed by atoms with van der Waals surface area (Å²) in [6, 6.07) is 2.99. The number of nitrogens with two attached hydrogens (primary N) is 1. The lowest BCUT2D eigenvalue weighted by atomic mass is 10.1. The van der Waals surface area contributed by atoms with Gasteiger partial charge in [-0.15, -0.1) is 0 Å². The number of rotatable bonds is 1. The quantitative estimate of drug-likeness (QED) is 0.871. The van der Waals surface area contributed by atoms with E-state index in [9.17, 15) is 4.39 Å². The van der Waals surface area contributed by atoms with Crippen molar-refractivity contribution < 1.29 is 18.4 Å². The van der Waals surface area contributed by atoms with E-state index in [4.69, 9.17) is 19.7 Å². The number of hydrogen-bond donors (Lipinski definition) is 1. The van der Waals surface area contributed by atoms with Crippen LogP contribution in [0.15, 0.2) is 21.1 Å². The number of fused-ring (bicyclic) bond motifs is 1. The first kappa shape index (κ1) is 12.3. The Morgan fingerprint density at radius 3 is 2.79 bits per heavy atom. The molecule has 2 N–H and O–H groups in total. The summed E-state index contributed by atoms with van der Waals surface area (Å²) in [6.07, 6.45) is 0.730. The molecule has 2 aromatic rings. The Morgan fingerprint density at radius 1 is 1.26 bits per heavy atom. The maximum atomic E-state index is 14.3. The molecule has 19 heavy (non-hydrogen) atoms. The summed E-state index contributed by atoms with van der Waals surface area (Å²) >= 11 is 3.15. The number of halogens is 2. The maximum absolute atomic E-state index is 14.3. The average molecular weight is 329 g/mol. The molecule has 0 spiro atoms. The van der Waals surface area contributed by atoms with Gasteiger partial charge in [-0.3, -0.25) is 0 Å². The van der Waals surface area contributed by atoms with Gasteiger partial charge in [-0.2, -0.15) is 0 Å². The van der Waals surface area contributed by atoms with Gasteiger partial charge in [0.05, 0.1) is 23.2 Å². The molecule has 1 aliphatic heterocycles. The summed E-state index contributed by atoms with van der Waals surface area (Å²) in [5, 5.41) is 3.73. The smallest absolute Gasteiger partial charge is 0.222 e. The lowest BCUT2D eigenvalue weighted by Gasteiger charge is -2.12. The molecule has 0 aliphatic carbocycles. The van der Waals surface area contributed by atoms with Gasteiger partial charge in [-0.05, 0) is 15.9 Å². The molecule has 0 amide bonds. The fourth-order valence-corrected chi connectivity index (χ4v) is 2.29. The van der Waals surface area contributed by atoms with Crippen LogP contribution in [0.4, 0.5) is 10.3 Å². The highest BCUT2D eigenvalue weighted by Crippen LogP contribution is 2.44. The molecule has 7 heteroatoms. The number of aromatic nitrogens is 1. The van der Waals surface area contributed by atoms with Crippen molar-refractivity contribution in [2.75, 3.05) is 18.9 Å². The average Bonchev–Trinajstić information content (AvgIpc) is 2.67. The van der Waals surface area contributed by atoms with Crippen molar-refractivity contribution in [3.8, 4) is 22.8 Å². The lowest BCUT2D eigenvalue weighted by molar-refractivity contribution is 0.297. The monoisotopic (exact) mass is 328 g/mol. The first-order valence-corrected chi connectivity index (χ1v) is 6.46. The summed E-state index contributed by atoms with van der Waals surface area (Å²) < 4.78 is 30.5. The second-order valence-corrected chi connectivity index (χ2v) is 4.89. The van der Waals surface area contributed by atoms with Crippen molar-refractivity contribution in [2.24, 2.45) is 0 Å². The highest BCUT2D eigenvalue weighted by Gasteiger charge is 2.25. The van der Waals surface area contributed by atoms with Crippen molar-refractivity contribution in [3.05, 3.63) is 22.4 Å². The minimum atomic E-state index is -0.488. The third-order valence-electron chi connectivity index (χ3n) is 2.72. The van der Waals surface area contributed by atoms with Crippen LogP contribution in [0.5, 0.6) is 11.5 Å². The van der Waals surface area contributed by atoms with Crippen LogP contribution in [0.2, 0.25) is 0 Å². The van der Waals surface area contributed by atoms with E-state index in [2.05, 4.69) is 21.1 Å². The van der Waals surface area contributed by atoms with Gasteiger partial charge in [0, 0.05) is 18.6 Å². The number of nitrogens with zero attached hydrogens (tertiary/aromatic N) is 1. The number of nitrogen functional groups attached to an aromatic ring is 1. The zero-order valence-corrected chi connectivity index (χ0v) is 11.4. The van der Waals surface area contributed by atoms with Gasteiger partial charge in [0.25, 0.3) is 0 Å². The standard InChI is InChI=1S/C12H10BrFN2O3/c13-6-4-8-12(18-3-1-2-17-8)10(11(6)14)7-5-9(15)19-16-7/h4-5H,1-3,15H2. The molecular weight excluding hydrogens is 319 g/mol. The molecule has 0 atom stereocenters. The maximum Gasteiger partial charge on any atom is 0.222 e. The summed E-state index contributed by atoms with van der Waals surface area (Å²) in [5.41, 5.74) is 5.94. The van der Waals surface area contributed by atoms with E-state index in [1.165, 1.54) is 6.07 Å². The van der Waals surface area contributed by atoms with Crippen LogP contribution < -0.4 is 15.2 Å². The van der Waals surface area contributed by atoms with Crippen molar-refractivity contribution in [1.29, 1.82) is 0 Å². The van der Waals surface area contributed by atoms with Crippen LogP contribution in [0, 0.1) is 5.82 Å². The van der Waals surface area contributed by atoms with E-state index in [1.54, 1.807) is 6.07 Å².